The molecule has 0 amide bonds. The largest absolute Gasteiger partial charge is 0.489 e. The van der Waals surface area contributed by atoms with Crippen LogP contribution in [0.15, 0.2) is 84.9 Å². The Balaban J connectivity index is 1.59. The summed E-state index contributed by atoms with van der Waals surface area (Å²) in [5, 5.41) is 9.29. The first-order valence-electron chi connectivity index (χ1n) is 8.09. The molecule has 1 unspecified atom stereocenters. The number of hydrogen-bond donors (Lipinski definition) is 1. The topological polar surface area (TPSA) is 65.0 Å². The summed E-state index contributed by atoms with van der Waals surface area (Å²) in [6, 6.07) is 25.2. The lowest BCUT2D eigenvalue weighted by Crippen LogP contribution is -2.33. The first-order valence-corrected chi connectivity index (χ1v) is 8.09. The molecule has 0 aliphatic carbocycles. The fourth-order valence-corrected chi connectivity index (χ4v) is 2.23. The van der Waals surface area contributed by atoms with E-state index in [-0.39, 0.29) is 0 Å². The van der Waals surface area contributed by atoms with Crippen LogP contribution in [0.3, 0.4) is 0 Å². The molecule has 0 aliphatic heterocycles. The fourth-order valence-electron chi connectivity index (χ4n) is 2.23. The highest BCUT2D eigenvalue weighted by molar-refractivity contribution is 5.71. The summed E-state index contributed by atoms with van der Waals surface area (Å²) in [7, 11) is 0. The van der Waals surface area contributed by atoms with E-state index in [1.807, 2.05) is 36.4 Å². The smallest absolute Gasteiger partial charge is 0.387 e. The number of hydrogen-bond acceptors (Lipinski definition) is 4. The molecule has 0 aliphatic rings. The van der Waals surface area contributed by atoms with Crippen molar-refractivity contribution in [3.05, 3.63) is 90.5 Å². The molecule has 0 radical (unpaired) electrons. The average molecular weight is 350 g/mol. The number of carbonyl (C=O) groups is 1. The molecule has 5 heteroatoms. The maximum atomic E-state index is 11.4. The zero-order chi connectivity index (χ0) is 18.2. The Morgan fingerprint density at radius 1 is 0.731 bits per heavy atom. The van der Waals surface area contributed by atoms with Gasteiger partial charge in [0, 0.05) is 0 Å². The molecule has 3 aromatic carbocycles. The molecule has 0 saturated heterocycles. The number of ether oxygens (including phenoxy) is 3. The van der Waals surface area contributed by atoms with Crippen LogP contribution in [-0.2, 0) is 11.4 Å². The molecular formula is C21H18O5. The van der Waals surface area contributed by atoms with Crippen molar-refractivity contribution < 1.29 is 24.1 Å². The predicted molar refractivity (Wildman–Crippen MR) is 96.3 cm³/mol. The molecule has 0 bridgehead atoms. The molecular weight excluding hydrogens is 332 g/mol. The van der Waals surface area contributed by atoms with Gasteiger partial charge < -0.3 is 19.3 Å². The minimum absolute atomic E-state index is 0.375. The van der Waals surface area contributed by atoms with Crippen LogP contribution in [0.25, 0.3) is 0 Å². The van der Waals surface area contributed by atoms with Crippen LogP contribution in [0, 0.1) is 0 Å². The van der Waals surface area contributed by atoms with E-state index in [9.17, 15) is 9.90 Å². The van der Waals surface area contributed by atoms with Gasteiger partial charge in [0.2, 0.25) is 0 Å². The molecule has 0 saturated carbocycles. The van der Waals surface area contributed by atoms with E-state index >= 15 is 0 Å². The zero-order valence-electron chi connectivity index (χ0n) is 13.9. The Hall–Kier alpha value is -3.47. The number of benzene rings is 3. The van der Waals surface area contributed by atoms with Crippen molar-refractivity contribution >= 4 is 5.97 Å². The SMILES string of the molecule is O=C(O)C(Oc1ccccc1)Oc1ccc(OCc2ccccc2)cc1. The van der Waals surface area contributed by atoms with Crippen LogP contribution in [0.5, 0.6) is 17.2 Å². The van der Waals surface area contributed by atoms with Gasteiger partial charge in [-0.05, 0) is 42.0 Å². The lowest BCUT2D eigenvalue weighted by atomic mass is 10.2. The first kappa shape index (κ1) is 17.4. The maximum absolute atomic E-state index is 11.4. The second kappa shape index (κ2) is 8.58. The van der Waals surface area contributed by atoms with Crippen LogP contribution in [-0.4, -0.2) is 17.4 Å². The van der Waals surface area contributed by atoms with Gasteiger partial charge in [0.05, 0.1) is 0 Å². The van der Waals surface area contributed by atoms with E-state index in [2.05, 4.69) is 0 Å². The summed E-state index contributed by atoms with van der Waals surface area (Å²) in [5.74, 6) is 0.249. The number of carboxylic acid groups (broad SMARTS) is 1. The summed E-state index contributed by atoms with van der Waals surface area (Å²) in [6.07, 6.45) is -1.44. The first-order chi connectivity index (χ1) is 12.7. The van der Waals surface area contributed by atoms with Gasteiger partial charge in [-0.3, -0.25) is 0 Å². The summed E-state index contributed by atoms with van der Waals surface area (Å²) in [5.41, 5.74) is 1.06. The van der Waals surface area contributed by atoms with Gasteiger partial charge in [-0.15, -0.1) is 0 Å². The molecule has 1 atom stereocenters. The standard InChI is InChI=1S/C21H18O5/c22-20(23)21(25-18-9-5-2-6-10-18)26-19-13-11-17(12-14-19)24-15-16-7-3-1-4-8-16/h1-14,21H,15H2,(H,22,23). The van der Waals surface area contributed by atoms with E-state index in [4.69, 9.17) is 14.2 Å². The van der Waals surface area contributed by atoms with Crippen molar-refractivity contribution in [2.24, 2.45) is 0 Å². The molecule has 3 rings (SSSR count). The van der Waals surface area contributed by atoms with E-state index in [1.54, 1.807) is 48.5 Å². The van der Waals surface area contributed by atoms with E-state index in [0.29, 0.717) is 23.9 Å². The normalized spacial score (nSPS) is 11.4. The number of rotatable bonds is 8. The molecule has 0 heterocycles. The molecule has 132 valence electrons. The maximum Gasteiger partial charge on any atom is 0.387 e. The molecule has 1 N–H and O–H groups in total. The zero-order valence-corrected chi connectivity index (χ0v) is 13.9. The van der Waals surface area contributed by atoms with Crippen molar-refractivity contribution in [3.8, 4) is 17.2 Å². The molecule has 0 spiro atoms. The Morgan fingerprint density at radius 2 is 1.23 bits per heavy atom. The molecule has 0 fully saturated rings. The van der Waals surface area contributed by atoms with Crippen LogP contribution >= 0.6 is 0 Å². The highest BCUT2D eigenvalue weighted by Gasteiger charge is 2.21. The summed E-state index contributed by atoms with van der Waals surface area (Å²) in [6.45, 7) is 0.454. The second-order valence-corrected chi connectivity index (χ2v) is 5.46. The van der Waals surface area contributed by atoms with E-state index in [1.165, 1.54) is 0 Å². The van der Waals surface area contributed by atoms with Gasteiger partial charge in [0.1, 0.15) is 23.9 Å². The number of carboxylic acids is 1. The van der Waals surface area contributed by atoms with Gasteiger partial charge in [-0.1, -0.05) is 48.5 Å². The van der Waals surface area contributed by atoms with Crippen LogP contribution in [0.4, 0.5) is 0 Å². The van der Waals surface area contributed by atoms with Crippen molar-refractivity contribution in [3.63, 3.8) is 0 Å². The third-order valence-electron chi connectivity index (χ3n) is 3.50. The summed E-state index contributed by atoms with van der Waals surface area (Å²) >= 11 is 0. The molecule has 5 nitrogen and oxygen atoms in total. The molecule has 0 aromatic heterocycles. The lowest BCUT2D eigenvalue weighted by molar-refractivity contribution is -0.158. The molecule has 26 heavy (non-hydrogen) atoms. The minimum Gasteiger partial charge on any atom is -0.489 e. The van der Waals surface area contributed by atoms with Crippen molar-refractivity contribution in [2.45, 2.75) is 12.9 Å². The van der Waals surface area contributed by atoms with Gasteiger partial charge in [-0.2, -0.15) is 0 Å². The highest BCUT2D eigenvalue weighted by Crippen LogP contribution is 2.21. The van der Waals surface area contributed by atoms with Crippen LogP contribution in [0.1, 0.15) is 5.56 Å². The number of aliphatic carboxylic acids is 1. The van der Waals surface area contributed by atoms with E-state index in [0.717, 1.165) is 5.56 Å². The van der Waals surface area contributed by atoms with Crippen LogP contribution < -0.4 is 14.2 Å². The second-order valence-electron chi connectivity index (χ2n) is 5.46. The average Bonchev–Trinajstić information content (AvgIpc) is 2.68. The Bertz CT molecular complexity index is 816. The lowest BCUT2D eigenvalue weighted by Gasteiger charge is -2.17. The highest BCUT2D eigenvalue weighted by atomic mass is 16.7. The Labute approximate surface area is 151 Å². The fraction of sp³-hybridized carbons (Fsp3) is 0.0952. The third kappa shape index (κ3) is 5.01. The van der Waals surface area contributed by atoms with Gasteiger partial charge in [-0.25, -0.2) is 4.79 Å². The summed E-state index contributed by atoms with van der Waals surface area (Å²) < 4.78 is 16.5. The third-order valence-corrected chi connectivity index (χ3v) is 3.50. The molecule has 3 aromatic rings. The van der Waals surface area contributed by atoms with E-state index < -0.39 is 12.3 Å². The number of para-hydroxylation sites is 1. The van der Waals surface area contributed by atoms with Gasteiger partial charge in [0.15, 0.2) is 0 Å². The quantitative estimate of drug-likeness (QED) is 0.619. The van der Waals surface area contributed by atoms with Gasteiger partial charge >= 0.3 is 12.3 Å². The summed E-state index contributed by atoms with van der Waals surface area (Å²) in [4.78, 5) is 11.4. The Kier molecular flexibility index (Phi) is 5.72. The monoisotopic (exact) mass is 350 g/mol. The van der Waals surface area contributed by atoms with Crippen LogP contribution in [0.2, 0.25) is 0 Å². The van der Waals surface area contributed by atoms with Gasteiger partial charge in [0.25, 0.3) is 0 Å². The van der Waals surface area contributed by atoms with Crippen molar-refractivity contribution in [1.82, 2.24) is 0 Å². The van der Waals surface area contributed by atoms with Crippen molar-refractivity contribution in [2.75, 3.05) is 0 Å². The predicted octanol–water partition coefficient (Wildman–Crippen LogP) is 4.13. The Morgan fingerprint density at radius 3 is 1.81 bits per heavy atom. The minimum atomic E-state index is -1.44. The van der Waals surface area contributed by atoms with Crippen molar-refractivity contribution in [1.29, 1.82) is 0 Å².